The van der Waals surface area contributed by atoms with Gasteiger partial charge in [0.1, 0.15) is 0 Å². The highest BCUT2D eigenvalue weighted by Crippen LogP contribution is 2.22. The Kier molecular flexibility index (Phi) is 5.50. The Hall–Kier alpha value is -3.99. The summed E-state index contributed by atoms with van der Waals surface area (Å²) < 4.78 is 3.22. The van der Waals surface area contributed by atoms with Gasteiger partial charge in [-0.25, -0.2) is 0 Å². The highest BCUT2D eigenvalue weighted by atomic mass is 32.2. The molecule has 0 fully saturated rings. The van der Waals surface area contributed by atoms with Crippen molar-refractivity contribution in [3.63, 3.8) is 0 Å². The second kappa shape index (κ2) is 8.40. The van der Waals surface area contributed by atoms with E-state index in [2.05, 4.69) is 22.1 Å². The lowest BCUT2D eigenvalue weighted by Gasteiger charge is -2.09. The molecule has 2 heterocycles. The third-order valence-electron chi connectivity index (χ3n) is 4.48. The second-order valence-electron chi connectivity index (χ2n) is 6.48. The summed E-state index contributed by atoms with van der Waals surface area (Å²) in [6.07, 6.45) is 1.61. The monoisotopic (exact) mass is 436 g/mol. The van der Waals surface area contributed by atoms with Gasteiger partial charge in [-0.2, -0.15) is 0 Å². The van der Waals surface area contributed by atoms with Gasteiger partial charge in [-0.3, -0.25) is 28.7 Å². The van der Waals surface area contributed by atoms with E-state index in [0.717, 1.165) is 0 Å². The summed E-state index contributed by atoms with van der Waals surface area (Å²) in [5.74, 6) is 0.0911. The summed E-state index contributed by atoms with van der Waals surface area (Å²) >= 11 is 1.17. The van der Waals surface area contributed by atoms with Gasteiger partial charge in [0.05, 0.1) is 21.6 Å². The van der Waals surface area contributed by atoms with E-state index in [1.807, 2.05) is 6.07 Å². The van der Waals surface area contributed by atoms with Crippen LogP contribution >= 0.6 is 11.8 Å². The fourth-order valence-corrected chi connectivity index (χ4v) is 3.85. The first-order valence-electron chi connectivity index (χ1n) is 9.14. The number of amides is 1. The number of hydrogen-bond donors (Lipinski definition) is 1. The van der Waals surface area contributed by atoms with E-state index < -0.39 is 4.92 Å². The van der Waals surface area contributed by atoms with E-state index in [-0.39, 0.29) is 29.5 Å². The molecule has 31 heavy (non-hydrogen) atoms. The summed E-state index contributed by atoms with van der Waals surface area (Å²) in [6.45, 7) is 3.97. The zero-order valence-electron chi connectivity index (χ0n) is 16.1. The van der Waals surface area contributed by atoms with Crippen LogP contribution in [0, 0.1) is 10.1 Å². The maximum Gasteiger partial charge on any atom is 0.269 e. The molecule has 2 aromatic carbocycles. The van der Waals surface area contributed by atoms with E-state index in [4.69, 9.17) is 0 Å². The normalized spacial score (nSPS) is 11.0. The average molecular weight is 436 g/mol. The number of thioether (sulfide) groups is 1. The van der Waals surface area contributed by atoms with Gasteiger partial charge in [0, 0.05) is 24.4 Å². The molecule has 1 N–H and O–H groups in total. The van der Waals surface area contributed by atoms with E-state index in [0.29, 0.717) is 27.5 Å². The van der Waals surface area contributed by atoms with Crippen molar-refractivity contribution in [1.82, 2.24) is 19.2 Å². The minimum Gasteiger partial charge on any atom is -0.325 e. The number of benzene rings is 2. The number of aromatic nitrogens is 4. The third-order valence-corrected chi connectivity index (χ3v) is 5.41. The van der Waals surface area contributed by atoms with Crippen LogP contribution in [0.2, 0.25) is 0 Å². The molecule has 4 rings (SSSR count). The number of nitrogens with zero attached hydrogens (tertiary/aromatic N) is 5. The number of carbonyl (C=O) groups excluding carboxylic acids is 1. The average Bonchev–Trinajstić information content (AvgIpc) is 3.19. The number of nitro benzene ring substituents is 1. The molecule has 11 heteroatoms. The molecule has 0 radical (unpaired) electrons. The molecular formula is C20H16N6O4S. The van der Waals surface area contributed by atoms with Gasteiger partial charge < -0.3 is 5.32 Å². The Balaban J connectivity index is 1.60. The SMILES string of the molecule is C=CCn1c(=O)c2ccccc2n2c(SCC(=O)Nc3ccc([N+](=O)[O-])cc3)nnc12. The number of nitrogens with one attached hydrogen (secondary N) is 1. The zero-order valence-corrected chi connectivity index (χ0v) is 16.9. The third kappa shape index (κ3) is 3.90. The van der Waals surface area contributed by atoms with Crippen molar-refractivity contribution in [2.24, 2.45) is 0 Å². The van der Waals surface area contributed by atoms with Gasteiger partial charge in [-0.1, -0.05) is 30.0 Å². The summed E-state index contributed by atoms with van der Waals surface area (Å²) in [5.41, 5.74) is 0.848. The molecular weight excluding hydrogens is 420 g/mol. The number of nitro groups is 1. The van der Waals surface area contributed by atoms with Crippen LogP contribution in [0.4, 0.5) is 11.4 Å². The number of fused-ring (bicyclic) bond motifs is 3. The number of allylic oxidation sites excluding steroid dienone is 1. The van der Waals surface area contributed by atoms with Crippen molar-refractivity contribution in [3.8, 4) is 0 Å². The number of carbonyl (C=O) groups is 1. The van der Waals surface area contributed by atoms with Crippen LogP contribution in [0.5, 0.6) is 0 Å². The van der Waals surface area contributed by atoms with Crippen molar-refractivity contribution in [3.05, 3.63) is 81.7 Å². The Morgan fingerprint density at radius 2 is 1.94 bits per heavy atom. The fraction of sp³-hybridized carbons (Fsp3) is 0.100. The van der Waals surface area contributed by atoms with Crippen LogP contribution in [-0.2, 0) is 11.3 Å². The van der Waals surface area contributed by atoms with Crippen molar-refractivity contribution in [2.75, 3.05) is 11.1 Å². The lowest BCUT2D eigenvalue weighted by molar-refractivity contribution is -0.384. The number of hydrogen-bond acceptors (Lipinski definition) is 7. The molecule has 10 nitrogen and oxygen atoms in total. The number of para-hydroxylation sites is 1. The van der Waals surface area contributed by atoms with Crippen LogP contribution in [0.15, 0.2) is 71.1 Å². The Morgan fingerprint density at radius 3 is 2.65 bits per heavy atom. The fourth-order valence-electron chi connectivity index (χ4n) is 3.11. The number of rotatable bonds is 7. The molecule has 4 aromatic rings. The van der Waals surface area contributed by atoms with Crippen LogP contribution < -0.4 is 10.9 Å². The predicted octanol–water partition coefficient (Wildman–Crippen LogP) is 2.87. The van der Waals surface area contributed by atoms with Crippen molar-refractivity contribution < 1.29 is 9.72 Å². The molecule has 0 aliphatic carbocycles. The second-order valence-corrected chi connectivity index (χ2v) is 7.42. The Morgan fingerprint density at radius 1 is 1.19 bits per heavy atom. The topological polar surface area (TPSA) is 124 Å². The van der Waals surface area contributed by atoms with Gasteiger partial charge in [-0.05, 0) is 24.3 Å². The summed E-state index contributed by atoms with van der Waals surface area (Å²) in [7, 11) is 0. The first-order valence-corrected chi connectivity index (χ1v) is 10.1. The minimum atomic E-state index is -0.506. The molecule has 2 aromatic heterocycles. The van der Waals surface area contributed by atoms with E-state index in [1.54, 1.807) is 28.7 Å². The standard InChI is InChI=1S/C20H16N6O4S/c1-2-11-24-18(28)15-5-3-4-6-16(15)25-19(24)22-23-20(25)31-12-17(27)21-13-7-9-14(10-8-13)26(29)30/h2-10H,1,11-12H2,(H,21,27). The highest BCUT2D eigenvalue weighted by molar-refractivity contribution is 7.99. The quantitative estimate of drug-likeness (QED) is 0.204. The summed E-state index contributed by atoms with van der Waals surface area (Å²) in [6, 6.07) is 12.7. The zero-order chi connectivity index (χ0) is 22.0. The maximum atomic E-state index is 12.8. The van der Waals surface area contributed by atoms with Gasteiger partial charge in [-0.15, -0.1) is 16.8 Å². The van der Waals surface area contributed by atoms with Crippen LogP contribution in [-0.4, -0.2) is 35.7 Å². The number of non-ortho nitro benzene ring substituents is 1. The van der Waals surface area contributed by atoms with Gasteiger partial charge >= 0.3 is 0 Å². The summed E-state index contributed by atoms with van der Waals surface area (Å²) in [4.78, 5) is 35.4. The smallest absolute Gasteiger partial charge is 0.269 e. The van der Waals surface area contributed by atoms with Gasteiger partial charge in [0.25, 0.3) is 11.2 Å². The molecule has 156 valence electrons. The molecule has 0 atom stereocenters. The van der Waals surface area contributed by atoms with Crippen LogP contribution in [0.25, 0.3) is 16.7 Å². The molecule has 0 bridgehead atoms. The Bertz CT molecular complexity index is 1380. The molecule has 0 unspecified atom stereocenters. The molecule has 0 saturated carbocycles. The van der Waals surface area contributed by atoms with Crippen molar-refractivity contribution in [2.45, 2.75) is 11.7 Å². The highest BCUT2D eigenvalue weighted by Gasteiger charge is 2.17. The first-order chi connectivity index (χ1) is 15.0. The van der Waals surface area contributed by atoms with Crippen molar-refractivity contribution >= 4 is 45.7 Å². The van der Waals surface area contributed by atoms with E-state index in [1.165, 1.54) is 40.6 Å². The van der Waals surface area contributed by atoms with Crippen molar-refractivity contribution in [1.29, 1.82) is 0 Å². The van der Waals surface area contributed by atoms with Gasteiger partial charge in [0.15, 0.2) is 5.16 Å². The minimum absolute atomic E-state index is 0.0344. The van der Waals surface area contributed by atoms with E-state index >= 15 is 0 Å². The molecule has 0 spiro atoms. The van der Waals surface area contributed by atoms with Crippen LogP contribution in [0.1, 0.15) is 0 Å². The summed E-state index contributed by atoms with van der Waals surface area (Å²) in [5, 5.41) is 22.7. The first kappa shape index (κ1) is 20.3. The maximum absolute atomic E-state index is 12.8. The Labute approximate surface area is 179 Å². The number of anilines is 1. The molecule has 1 amide bonds. The molecule has 0 aliphatic rings. The predicted molar refractivity (Wildman–Crippen MR) is 117 cm³/mol. The largest absolute Gasteiger partial charge is 0.325 e. The van der Waals surface area contributed by atoms with Crippen LogP contribution in [0.3, 0.4) is 0 Å². The molecule has 0 aliphatic heterocycles. The lowest BCUT2D eigenvalue weighted by atomic mass is 10.2. The molecule has 0 saturated heterocycles. The van der Waals surface area contributed by atoms with Gasteiger partial charge in [0.2, 0.25) is 11.7 Å². The van der Waals surface area contributed by atoms with E-state index in [9.17, 15) is 19.7 Å². The lowest BCUT2D eigenvalue weighted by Crippen LogP contribution is -2.22.